The average Bonchev–Trinajstić information content (AvgIpc) is 2.85. The Bertz CT molecular complexity index is 1310. The van der Waals surface area contributed by atoms with E-state index in [1.165, 1.54) is 6.07 Å². The highest BCUT2D eigenvalue weighted by Gasteiger charge is 2.25. The van der Waals surface area contributed by atoms with Crippen LogP contribution >= 0.6 is 7.92 Å². The van der Waals surface area contributed by atoms with Gasteiger partial charge in [-0.3, -0.25) is 4.79 Å². The Morgan fingerprint density at radius 1 is 1.03 bits per heavy atom. The molecule has 0 bridgehead atoms. The maximum atomic E-state index is 14.8. The number of aliphatic hydroxyl groups is 1. The van der Waals surface area contributed by atoms with Gasteiger partial charge in [0.25, 0.3) is 5.56 Å². The SMILES string of the molecule is O=c1[nH]nc(C(O)c2ccc(F)c(P3CCN(c4ncccn4)CC3)c2)c2ccccc12. The lowest BCUT2D eigenvalue weighted by molar-refractivity contribution is 0.216. The van der Waals surface area contributed by atoms with E-state index in [0.717, 1.165) is 25.4 Å². The number of fused-ring (bicyclic) bond motifs is 1. The van der Waals surface area contributed by atoms with E-state index in [1.807, 2.05) is 0 Å². The summed E-state index contributed by atoms with van der Waals surface area (Å²) in [4.78, 5) is 22.8. The van der Waals surface area contributed by atoms with E-state index in [-0.39, 0.29) is 11.4 Å². The van der Waals surface area contributed by atoms with Gasteiger partial charge in [-0.25, -0.2) is 19.5 Å². The first-order valence-corrected chi connectivity index (χ1v) is 12.0. The Balaban J connectivity index is 1.41. The molecule has 7 nitrogen and oxygen atoms in total. The Labute approximate surface area is 184 Å². The van der Waals surface area contributed by atoms with Crippen LogP contribution in [0.25, 0.3) is 10.8 Å². The maximum absolute atomic E-state index is 14.8. The predicted molar refractivity (Wildman–Crippen MR) is 123 cm³/mol. The normalized spacial score (nSPS) is 15.8. The van der Waals surface area contributed by atoms with Crippen LogP contribution in [-0.4, -0.2) is 50.7 Å². The first-order valence-electron chi connectivity index (χ1n) is 10.3. The minimum absolute atomic E-state index is 0.254. The van der Waals surface area contributed by atoms with Crippen molar-refractivity contribution in [3.05, 3.63) is 88.4 Å². The summed E-state index contributed by atoms with van der Waals surface area (Å²) in [5.74, 6) is 0.443. The third-order valence-electron chi connectivity index (χ3n) is 5.73. The van der Waals surface area contributed by atoms with Gasteiger partial charge < -0.3 is 10.0 Å². The third kappa shape index (κ3) is 3.87. The van der Waals surface area contributed by atoms with Gasteiger partial charge in [0.05, 0.1) is 5.39 Å². The molecule has 2 N–H and O–H groups in total. The molecule has 0 aliphatic carbocycles. The van der Waals surface area contributed by atoms with E-state index >= 15 is 0 Å². The zero-order chi connectivity index (χ0) is 22.1. The van der Waals surface area contributed by atoms with Crippen molar-refractivity contribution in [1.82, 2.24) is 20.2 Å². The minimum atomic E-state index is -1.08. The molecule has 5 rings (SSSR count). The van der Waals surface area contributed by atoms with E-state index in [0.29, 0.717) is 33.3 Å². The highest BCUT2D eigenvalue weighted by Crippen LogP contribution is 2.39. The first kappa shape index (κ1) is 20.7. The Morgan fingerprint density at radius 3 is 2.50 bits per heavy atom. The molecule has 0 saturated carbocycles. The molecule has 2 aromatic carbocycles. The lowest BCUT2D eigenvalue weighted by Crippen LogP contribution is -2.37. The molecule has 1 aliphatic rings. The first-order chi connectivity index (χ1) is 15.6. The minimum Gasteiger partial charge on any atom is -0.382 e. The number of rotatable bonds is 4. The second-order valence-electron chi connectivity index (χ2n) is 7.62. The van der Waals surface area contributed by atoms with Crippen LogP contribution in [0.3, 0.4) is 0 Å². The van der Waals surface area contributed by atoms with Gasteiger partial charge in [0.1, 0.15) is 17.6 Å². The quantitative estimate of drug-likeness (QED) is 0.465. The lowest BCUT2D eigenvalue weighted by Gasteiger charge is -2.32. The molecule has 32 heavy (non-hydrogen) atoms. The topological polar surface area (TPSA) is 95.0 Å². The van der Waals surface area contributed by atoms with Gasteiger partial charge in [0.15, 0.2) is 0 Å². The molecule has 0 spiro atoms. The van der Waals surface area contributed by atoms with Crippen molar-refractivity contribution in [3.8, 4) is 0 Å². The fraction of sp³-hybridized carbons (Fsp3) is 0.217. The van der Waals surface area contributed by atoms with Crippen LogP contribution in [-0.2, 0) is 0 Å². The van der Waals surface area contributed by atoms with Crippen molar-refractivity contribution >= 4 is 29.9 Å². The summed E-state index contributed by atoms with van der Waals surface area (Å²) < 4.78 is 14.8. The zero-order valence-electron chi connectivity index (χ0n) is 17.1. The number of aliphatic hydroxyl groups excluding tert-OH is 1. The number of H-pyrrole nitrogens is 1. The molecule has 1 fully saturated rings. The highest BCUT2D eigenvalue weighted by atomic mass is 31.1. The van der Waals surface area contributed by atoms with Crippen LogP contribution in [0.1, 0.15) is 17.4 Å². The number of hydrogen-bond donors (Lipinski definition) is 2. The summed E-state index contributed by atoms with van der Waals surface area (Å²) in [6.45, 7) is 1.52. The number of nitrogens with zero attached hydrogens (tertiary/aromatic N) is 4. The molecule has 1 atom stereocenters. The molecule has 1 aliphatic heterocycles. The molecule has 0 radical (unpaired) electrons. The fourth-order valence-electron chi connectivity index (χ4n) is 4.05. The monoisotopic (exact) mass is 449 g/mol. The van der Waals surface area contributed by atoms with Crippen molar-refractivity contribution < 1.29 is 9.50 Å². The maximum Gasteiger partial charge on any atom is 0.272 e. The number of benzene rings is 2. The summed E-state index contributed by atoms with van der Waals surface area (Å²) in [7, 11) is -0.716. The number of halogens is 1. The van der Waals surface area contributed by atoms with Gasteiger partial charge in [-0.05, 0) is 42.2 Å². The van der Waals surface area contributed by atoms with Gasteiger partial charge in [-0.1, -0.05) is 32.2 Å². The number of aromatic nitrogens is 4. The van der Waals surface area contributed by atoms with E-state index < -0.39 is 14.0 Å². The van der Waals surface area contributed by atoms with Crippen molar-refractivity contribution in [2.75, 3.05) is 30.3 Å². The number of aromatic amines is 1. The molecule has 1 unspecified atom stereocenters. The summed E-state index contributed by atoms with van der Waals surface area (Å²) in [6, 6.07) is 13.5. The Morgan fingerprint density at radius 2 is 1.75 bits per heavy atom. The highest BCUT2D eigenvalue weighted by molar-refractivity contribution is 7.65. The van der Waals surface area contributed by atoms with Crippen LogP contribution in [0.2, 0.25) is 0 Å². The lowest BCUT2D eigenvalue weighted by atomic mass is 10.0. The van der Waals surface area contributed by atoms with E-state index in [2.05, 4.69) is 25.1 Å². The van der Waals surface area contributed by atoms with Gasteiger partial charge in [0, 0.05) is 36.2 Å². The average molecular weight is 449 g/mol. The van der Waals surface area contributed by atoms with Gasteiger partial charge >= 0.3 is 0 Å². The predicted octanol–water partition coefficient (Wildman–Crippen LogP) is 2.56. The molecule has 1 saturated heterocycles. The Hall–Kier alpha value is -3.22. The van der Waals surface area contributed by atoms with Crippen LogP contribution in [0.4, 0.5) is 10.3 Å². The van der Waals surface area contributed by atoms with Gasteiger partial charge in [0.2, 0.25) is 5.95 Å². The smallest absolute Gasteiger partial charge is 0.272 e. The van der Waals surface area contributed by atoms with Gasteiger partial charge in [-0.15, -0.1) is 0 Å². The van der Waals surface area contributed by atoms with Crippen LogP contribution in [0.5, 0.6) is 0 Å². The standard InChI is InChI=1S/C23H21FN5O2P/c24-18-7-6-15(21(30)20-16-4-1-2-5-17(16)22(31)28-27-20)14-19(18)32-12-10-29(11-13-32)23-25-8-3-9-26-23/h1-9,14,21,30H,10-13H2,(H,28,31). The van der Waals surface area contributed by atoms with Gasteiger partial charge in [-0.2, -0.15) is 5.10 Å². The summed E-state index contributed by atoms with van der Waals surface area (Å²) in [5, 5.41) is 19.3. The second-order valence-corrected chi connectivity index (χ2v) is 10.1. The van der Waals surface area contributed by atoms with Crippen molar-refractivity contribution in [3.63, 3.8) is 0 Å². The third-order valence-corrected chi connectivity index (χ3v) is 8.23. The molecule has 162 valence electrons. The van der Waals surface area contributed by atoms with Crippen LogP contribution in [0.15, 0.2) is 65.7 Å². The van der Waals surface area contributed by atoms with E-state index in [1.54, 1.807) is 54.9 Å². The van der Waals surface area contributed by atoms with E-state index in [9.17, 15) is 14.3 Å². The molecule has 4 aromatic rings. The van der Waals surface area contributed by atoms with Crippen molar-refractivity contribution in [2.45, 2.75) is 6.10 Å². The number of nitrogens with one attached hydrogen (secondary N) is 1. The molecule has 9 heteroatoms. The fourth-order valence-corrected chi connectivity index (χ4v) is 6.43. The largest absolute Gasteiger partial charge is 0.382 e. The molecule has 3 heterocycles. The van der Waals surface area contributed by atoms with Crippen LogP contribution in [0, 0.1) is 5.82 Å². The zero-order valence-corrected chi connectivity index (χ0v) is 18.0. The van der Waals surface area contributed by atoms with E-state index in [4.69, 9.17) is 0 Å². The summed E-state index contributed by atoms with van der Waals surface area (Å²) in [6.07, 6.45) is 4.01. The molecular weight excluding hydrogens is 428 g/mol. The van der Waals surface area contributed by atoms with Crippen molar-refractivity contribution in [1.29, 1.82) is 0 Å². The molecule has 0 amide bonds. The van der Waals surface area contributed by atoms with Crippen molar-refractivity contribution in [2.24, 2.45) is 0 Å². The number of anilines is 1. The summed E-state index contributed by atoms with van der Waals surface area (Å²) in [5.41, 5.74) is 0.595. The van der Waals surface area contributed by atoms with Crippen LogP contribution < -0.4 is 15.8 Å². The molecule has 2 aromatic heterocycles. The Kier molecular flexibility index (Phi) is 5.64. The summed E-state index contributed by atoms with van der Waals surface area (Å²) >= 11 is 0. The number of hydrogen-bond acceptors (Lipinski definition) is 6. The molecular formula is C23H21FN5O2P. The second kappa shape index (κ2) is 8.73.